The van der Waals surface area contributed by atoms with Gasteiger partial charge in [-0.15, -0.1) is 11.3 Å². The van der Waals surface area contributed by atoms with Gasteiger partial charge in [-0.2, -0.15) is 9.97 Å². The maximum Gasteiger partial charge on any atom is 0.229 e. The number of fused-ring (bicyclic) bond motifs is 1. The zero-order valence-corrected chi connectivity index (χ0v) is 23.2. The van der Waals surface area contributed by atoms with Crippen molar-refractivity contribution in [2.24, 2.45) is 0 Å². The molecule has 1 saturated carbocycles. The molecule has 9 nitrogen and oxygen atoms in total. The van der Waals surface area contributed by atoms with Crippen molar-refractivity contribution >= 4 is 34.3 Å². The van der Waals surface area contributed by atoms with E-state index in [1.807, 2.05) is 6.33 Å². The summed E-state index contributed by atoms with van der Waals surface area (Å²) in [5.74, 6) is 1.57. The van der Waals surface area contributed by atoms with Gasteiger partial charge in [0, 0.05) is 50.2 Å². The van der Waals surface area contributed by atoms with E-state index in [4.69, 9.17) is 24.8 Å². The highest BCUT2D eigenvalue weighted by Crippen LogP contribution is 2.33. The van der Waals surface area contributed by atoms with E-state index in [-0.39, 0.29) is 6.61 Å². The molecule has 0 unspecified atom stereocenters. The Morgan fingerprint density at radius 1 is 1.00 bits per heavy atom. The minimum absolute atomic E-state index is 0.0713. The third-order valence-corrected chi connectivity index (χ3v) is 8.71. The Kier molecular flexibility index (Phi) is 8.34. The smallest absolute Gasteiger partial charge is 0.229 e. The predicted molar refractivity (Wildman–Crippen MR) is 156 cm³/mol. The van der Waals surface area contributed by atoms with E-state index in [0.717, 1.165) is 55.7 Å². The number of rotatable bonds is 11. The molecule has 1 aliphatic carbocycles. The molecule has 2 N–H and O–H groups in total. The van der Waals surface area contributed by atoms with Crippen LogP contribution in [-0.2, 0) is 11.3 Å². The van der Waals surface area contributed by atoms with Gasteiger partial charge in [0.25, 0.3) is 0 Å². The number of benzene rings is 1. The van der Waals surface area contributed by atoms with E-state index in [1.165, 1.54) is 41.7 Å². The van der Waals surface area contributed by atoms with Crippen molar-refractivity contribution in [3.63, 3.8) is 0 Å². The third-order valence-electron chi connectivity index (χ3n) is 7.79. The third kappa shape index (κ3) is 6.09. The number of aromatic nitrogens is 4. The molecule has 6 rings (SSSR count). The Labute approximate surface area is 233 Å². The van der Waals surface area contributed by atoms with Crippen LogP contribution < -0.4 is 10.2 Å². The normalized spacial score (nSPS) is 16.9. The number of nitrogens with zero attached hydrogens (tertiary/aromatic N) is 6. The minimum atomic E-state index is 0.0713. The van der Waals surface area contributed by atoms with Crippen LogP contribution in [0.25, 0.3) is 21.6 Å². The van der Waals surface area contributed by atoms with E-state index in [9.17, 15) is 0 Å². The van der Waals surface area contributed by atoms with E-state index in [0.29, 0.717) is 25.8 Å². The Balaban J connectivity index is 1.20. The van der Waals surface area contributed by atoms with Gasteiger partial charge in [0.15, 0.2) is 17.0 Å². The molecule has 2 aliphatic rings. The fourth-order valence-electron chi connectivity index (χ4n) is 5.57. The molecule has 0 spiro atoms. The summed E-state index contributed by atoms with van der Waals surface area (Å²) in [6.45, 7) is 6.27. The number of aliphatic hydroxyl groups excluding tert-OH is 1. The Morgan fingerprint density at radius 2 is 1.82 bits per heavy atom. The molecule has 0 bridgehead atoms. The predicted octanol–water partition coefficient (Wildman–Crippen LogP) is 4.41. The van der Waals surface area contributed by atoms with E-state index in [1.54, 1.807) is 11.3 Å². The fraction of sp³-hybridized carbons (Fsp3) is 0.483. The number of anilines is 2. The average molecular weight is 548 g/mol. The largest absolute Gasteiger partial charge is 0.394 e. The number of ether oxygens (including phenoxy) is 1. The summed E-state index contributed by atoms with van der Waals surface area (Å²) in [6.07, 6.45) is 6.85. The Bertz CT molecular complexity index is 1330. The molecule has 1 aromatic carbocycles. The number of aliphatic hydroxyl groups is 1. The molecule has 4 aromatic rings. The Hall–Kier alpha value is -3.05. The van der Waals surface area contributed by atoms with Gasteiger partial charge in [-0.05, 0) is 35.4 Å². The molecule has 1 aliphatic heterocycles. The molecule has 0 amide bonds. The van der Waals surface area contributed by atoms with E-state index in [2.05, 4.69) is 61.5 Å². The maximum atomic E-state index is 8.91. The van der Waals surface area contributed by atoms with Gasteiger partial charge in [-0.3, -0.25) is 4.90 Å². The van der Waals surface area contributed by atoms with Crippen LogP contribution in [0.1, 0.15) is 37.3 Å². The summed E-state index contributed by atoms with van der Waals surface area (Å²) in [4.78, 5) is 20.8. The summed E-state index contributed by atoms with van der Waals surface area (Å²) >= 11 is 1.76. The van der Waals surface area contributed by atoms with Crippen LogP contribution in [0.15, 0.2) is 48.1 Å². The number of nitrogens with one attached hydrogen (secondary N) is 1. The molecule has 39 heavy (non-hydrogen) atoms. The van der Waals surface area contributed by atoms with Gasteiger partial charge in [-0.25, -0.2) is 4.98 Å². The van der Waals surface area contributed by atoms with Gasteiger partial charge < -0.3 is 24.6 Å². The molecule has 2 fully saturated rings. The minimum Gasteiger partial charge on any atom is -0.394 e. The zero-order valence-electron chi connectivity index (χ0n) is 22.3. The van der Waals surface area contributed by atoms with Crippen LogP contribution in [0.2, 0.25) is 0 Å². The Morgan fingerprint density at radius 3 is 2.56 bits per heavy atom. The summed E-state index contributed by atoms with van der Waals surface area (Å²) < 4.78 is 7.74. The standard InChI is InChI=1S/C29H37N7O2S/c37-16-18-38-17-15-34-11-13-35(14-12-34)29-32-27(26-28(33-29)36(21-31-26)24-4-1-2-5-24)30-20-22-7-9-23(10-8-22)25-6-3-19-39-25/h3,6-10,19,21,24,37H,1-2,4-5,11-18,20H2,(H,30,32,33). The number of hydrogen-bond acceptors (Lipinski definition) is 9. The van der Waals surface area contributed by atoms with Gasteiger partial charge in [0.05, 0.1) is 26.1 Å². The van der Waals surface area contributed by atoms with E-state index >= 15 is 0 Å². The molecule has 0 radical (unpaired) electrons. The van der Waals surface area contributed by atoms with Gasteiger partial charge in [-0.1, -0.05) is 43.2 Å². The molecule has 3 aromatic heterocycles. The SMILES string of the molecule is OCCOCCN1CCN(c2nc(NCc3ccc(-c4cccs4)cc3)c3ncn(C4CCCC4)c3n2)CC1. The monoisotopic (exact) mass is 547 g/mol. The number of hydrogen-bond donors (Lipinski definition) is 2. The van der Waals surface area contributed by atoms with Crippen LogP contribution in [0, 0.1) is 0 Å². The molecule has 10 heteroatoms. The van der Waals surface area contributed by atoms with Crippen molar-refractivity contribution in [2.45, 2.75) is 38.3 Å². The lowest BCUT2D eigenvalue weighted by Crippen LogP contribution is -2.48. The van der Waals surface area contributed by atoms with Crippen LogP contribution in [0.3, 0.4) is 0 Å². The van der Waals surface area contributed by atoms with Crippen molar-refractivity contribution in [1.29, 1.82) is 0 Å². The second kappa shape index (κ2) is 12.4. The first-order chi connectivity index (χ1) is 19.3. The lowest BCUT2D eigenvalue weighted by Gasteiger charge is -2.34. The molecule has 4 heterocycles. The van der Waals surface area contributed by atoms with E-state index < -0.39 is 0 Å². The van der Waals surface area contributed by atoms with Crippen LogP contribution >= 0.6 is 11.3 Å². The highest BCUT2D eigenvalue weighted by Gasteiger charge is 2.25. The van der Waals surface area contributed by atoms with Gasteiger partial charge in [0.1, 0.15) is 0 Å². The topological polar surface area (TPSA) is 91.6 Å². The first-order valence-electron chi connectivity index (χ1n) is 14.1. The first kappa shape index (κ1) is 26.2. The lowest BCUT2D eigenvalue weighted by atomic mass is 10.1. The summed E-state index contributed by atoms with van der Waals surface area (Å²) in [5, 5.41) is 14.6. The fourth-order valence-corrected chi connectivity index (χ4v) is 6.30. The maximum absolute atomic E-state index is 8.91. The number of imidazole rings is 1. The molecular formula is C29H37N7O2S. The number of piperazine rings is 1. The average Bonchev–Trinajstić information content (AvgIpc) is 3.77. The second-order valence-electron chi connectivity index (χ2n) is 10.3. The molecule has 206 valence electrons. The lowest BCUT2D eigenvalue weighted by molar-refractivity contribution is 0.0724. The quantitative estimate of drug-likeness (QED) is 0.267. The zero-order chi connectivity index (χ0) is 26.4. The van der Waals surface area contributed by atoms with Crippen molar-refractivity contribution in [3.05, 3.63) is 53.7 Å². The van der Waals surface area contributed by atoms with Crippen LogP contribution in [0.4, 0.5) is 11.8 Å². The van der Waals surface area contributed by atoms with Crippen molar-refractivity contribution in [1.82, 2.24) is 24.4 Å². The molecule has 0 atom stereocenters. The van der Waals surface area contributed by atoms with Gasteiger partial charge >= 0.3 is 0 Å². The number of thiophene rings is 1. The highest BCUT2D eigenvalue weighted by molar-refractivity contribution is 7.13. The van der Waals surface area contributed by atoms with Crippen LogP contribution in [-0.4, -0.2) is 82.1 Å². The second-order valence-corrected chi connectivity index (χ2v) is 11.3. The summed E-state index contributed by atoms with van der Waals surface area (Å²) in [6, 6.07) is 13.4. The highest BCUT2D eigenvalue weighted by atomic mass is 32.1. The summed E-state index contributed by atoms with van der Waals surface area (Å²) in [7, 11) is 0. The van der Waals surface area contributed by atoms with Gasteiger partial charge in [0.2, 0.25) is 5.95 Å². The van der Waals surface area contributed by atoms with Crippen molar-refractivity contribution < 1.29 is 9.84 Å². The summed E-state index contributed by atoms with van der Waals surface area (Å²) in [5.41, 5.74) is 4.23. The van der Waals surface area contributed by atoms with Crippen molar-refractivity contribution in [3.8, 4) is 10.4 Å². The molecular weight excluding hydrogens is 510 g/mol. The molecule has 1 saturated heterocycles. The van der Waals surface area contributed by atoms with Crippen molar-refractivity contribution in [2.75, 3.05) is 62.8 Å². The first-order valence-corrected chi connectivity index (χ1v) is 14.9. The van der Waals surface area contributed by atoms with Crippen LogP contribution in [0.5, 0.6) is 0 Å².